The molecule has 1 unspecified atom stereocenters. The van der Waals surface area contributed by atoms with Gasteiger partial charge in [-0.25, -0.2) is 12.8 Å². The Bertz CT molecular complexity index is 1150. The number of ether oxygens (including phenoxy) is 1. The van der Waals surface area contributed by atoms with Crippen molar-refractivity contribution in [2.24, 2.45) is 7.05 Å². The molecule has 0 spiro atoms. The number of fused-ring (bicyclic) bond motifs is 1. The summed E-state index contributed by atoms with van der Waals surface area (Å²) in [5.74, 6) is -1.66. The minimum Gasteiger partial charge on any atom is -0.487 e. The van der Waals surface area contributed by atoms with Gasteiger partial charge in [-0.15, -0.1) is 6.58 Å². The first kappa shape index (κ1) is 20.5. The van der Waals surface area contributed by atoms with Crippen LogP contribution in [-0.4, -0.2) is 42.8 Å². The van der Waals surface area contributed by atoms with Crippen molar-refractivity contribution in [3.63, 3.8) is 0 Å². The van der Waals surface area contributed by atoms with Gasteiger partial charge in [0.25, 0.3) is 5.91 Å². The van der Waals surface area contributed by atoms with Crippen molar-refractivity contribution in [2.45, 2.75) is 10.4 Å². The number of nitriles is 1. The van der Waals surface area contributed by atoms with E-state index in [0.717, 1.165) is 12.1 Å². The van der Waals surface area contributed by atoms with Crippen molar-refractivity contribution in [3.8, 4) is 11.8 Å². The molecule has 0 saturated carbocycles. The molecule has 0 bridgehead atoms. The lowest BCUT2D eigenvalue weighted by molar-refractivity contribution is 0.101. The molecule has 3 N–H and O–H groups in total. The Balaban J connectivity index is 2.02. The summed E-state index contributed by atoms with van der Waals surface area (Å²) in [5.41, 5.74) is -1.66. The molecule has 1 atom stereocenters. The van der Waals surface area contributed by atoms with Crippen LogP contribution in [0.25, 0.3) is 0 Å². The quantitative estimate of drug-likeness (QED) is 0.629. The fourth-order valence-corrected chi connectivity index (χ4v) is 4.39. The molecular formula is C18H17FN4O5S. The number of amides is 1. The van der Waals surface area contributed by atoms with E-state index in [1.807, 2.05) is 0 Å². The first-order valence-corrected chi connectivity index (χ1v) is 9.76. The predicted molar refractivity (Wildman–Crippen MR) is 100 cm³/mol. The third-order valence-corrected chi connectivity index (χ3v) is 5.98. The lowest BCUT2D eigenvalue weighted by atomic mass is 10.0. The van der Waals surface area contributed by atoms with Gasteiger partial charge in [0.2, 0.25) is 10.0 Å². The van der Waals surface area contributed by atoms with Crippen LogP contribution in [0, 0.1) is 17.1 Å². The van der Waals surface area contributed by atoms with Gasteiger partial charge in [-0.3, -0.25) is 4.79 Å². The maximum absolute atomic E-state index is 13.5. The molecule has 3 rings (SSSR count). The molecule has 1 aromatic carbocycles. The molecule has 9 nitrogen and oxygen atoms in total. The van der Waals surface area contributed by atoms with Crippen LogP contribution in [0.1, 0.15) is 16.1 Å². The smallest absolute Gasteiger partial charge is 0.276 e. The summed E-state index contributed by atoms with van der Waals surface area (Å²) in [7, 11) is -2.68. The number of halogens is 1. The highest BCUT2D eigenvalue weighted by Gasteiger charge is 2.40. The zero-order valence-corrected chi connectivity index (χ0v) is 16.1. The van der Waals surface area contributed by atoms with Gasteiger partial charge in [-0.05, 0) is 18.2 Å². The van der Waals surface area contributed by atoms with Crippen LogP contribution in [0.15, 0.2) is 41.9 Å². The monoisotopic (exact) mass is 420 g/mol. The van der Waals surface area contributed by atoms with Crippen molar-refractivity contribution < 1.29 is 27.4 Å². The van der Waals surface area contributed by atoms with Crippen LogP contribution >= 0.6 is 0 Å². The number of carbonyl (C=O) groups is 1. The number of benzene rings is 1. The Labute approximate surface area is 166 Å². The molecule has 1 aliphatic rings. The Morgan fingerprint density at radius 1 is 1.59 bits per heavy atom. The first-order chi connectivity index (χ1) is 13.7. The number of sulfonamides is 1. The Hall–Kier alpha value is -3.20. The summed E-state index contributed by atoms with van der Waals surface area (Å²) in [4.78, 5) is 12.5. The van der Waals surface area contributed by atoms with E-state index < -0.39 is 33.9 Å². The summed E-state index contributed by atoms with van der Waals surface area (Å²) < 4.78 is 48.1. The predicted octanol–water partition coefficient (Wildman–Crippen LogP) is 0.876. The van der Waals surface area contributed by atoms with Gasteiger partial charge in [-0.2, -0.15) is 9.98 Å². The number of aromatic nitrogens is 1. The maximum atomic E-state index is 13.5. The standard InChI is InChI=1S/C18H17FN4O5S/c1-3-18(9-24)10-28-16-14(29(26,27)22-18)8-23(2)15(16)17(25)21-12-4-5-13(19)11(6-12)7-20/h3-6,8,22,24H,1,9-10H2,2H3,(H,21,25). The van der Waals surface area contributed by atoms with Crippen molar-refractivity contribution in [1.82, 2.24) is 9.29 Å². The molecule has 152 valence electrons. The zero-order valence-electron chi connectivity index (χ0n) is 15.3. The summed E-state index contributed by atoms with van der Waals surface area (Å²) in [6.07, 6.45) is 2.42. The summed E-state index contributed by atoms with van der Waals surface area (Å²) in [6, 6.07) is 5.12. The lowest BCUT2D eigenvalue weighted by Gasteiger charge is -2.26. The molecule has 11 heteroatoms. The van der Waals surface area contributed by atoms with Gasteiger partial charge in [0, 0.05) is 18.9 Å². The zero-order chi connectivity index (χ0) is 21.4. The van der Waals surface area contributed by atoms with E-state index in [4.69, 9.17) is 10.00 Å². The maximum Gasteiger partial charge on any atom is 0.276 e. The average Bonchev–Trinajstić information content (AvgIpc) is 2.98. The van der Waals surface area contributed by atoms with Crippen LogP contribution in [0.2, 0.25) is 0 Å². The SMILES string of the molecule is C=CC1(CO)COc2c(cn(C)c2C(=O)Nc2ccc(F)c(C#N)c2)S(=O)(=O)N1. The Morgan fingerprint density at radius 2 is 2.31 bits per heavy atom. The van der Waals surface area contributed by atoms with Crippen LogP contribution in [0.5, 0.6) is 5.75 Å². The van der Waals surface area contributed by atoms with E-state index in [0.29, 0.717) is 0 Å². The van der Waals surface area contributed by atoms with Crippen molar-refractivity contribution >= 4 is 21.6 Å². The molecule has 29 heavy (non-hydrogen) atoms. The molecule has 0 saturated heterocycles. The number of nitrogens with one attached hydrogen (secondary N) is 2. The van der Waals surface area contributed by atoms with Crippen molar-refractivity contribution in [2.75, 3.05) is 18.5 Å². The van der Waals surface area contributed by atoms with Crippen LogP contribution in [-0.2, 0) is 17.1 Å². The summed E-state index contributed by atoms with van der Waals surface area (Å²) >= 11 is 0. The highest BCUT2D eigenvalue weighted by molar-refractivity contribution is 7.89. The number of aryl methyl sites for hydroxylation is 1. The van der Waals surface area contributed by atoms with E-state index in [9.17, 15) is 22.7 Å². The number of aliphatic hydroxyl groups is 1. The third-order valence-electron chi connectivity index (χ3n) is 4.44. The van der Waals surface area contributed by atoms with Crippen LogP contribution in [0.4, 0.5) is 10.1 Å². The second kappa shape index (κ2) is 7.32. The van der Waals surface area contributed by atoms with Gasteiger partial charge in [0.05, 0.1) is 12.2 Å². The van der Waals surface area contributed by atoms with Gasteiger partial charge in [-0.1, -0.05) is 6.08 Å². The lowest BCUT2D eigenvalue weighted by Crippen LogP contribution is -2.52. The minimum atomic E-state index is -4.13. The normalized spacial score (nSPS) is 19.9. The van der Waals surface area contributed by atoms with Gasteiger partial charge in [0.1, 0.15) is 28.9 Å². The number of aliphatic hydroxyl groups excluding tert-OH is 1. The van der Waals surface area contributed by atoms with E-state index >= 15 is 0 Å². The van der Waals surface area contributed by atoms with E-state index in [1.54, 1.807) is 6.07 Å². The number of hydrogen-bond donors (Lipinski definition) is 3. The Morgan fingerprint density at radius 3 is 2.93 bits per heavy atom. The van der Waals surface area contributed by atoms with Gasteiger partial charge < -0.3 is 19.7 Å². The highest BCUT2D eigenvalue weighted by Crippen LogP contribution is 2.34. The molecule has 2 aromatic rings. The number of rotatable bonds is 4. The second-order valence-corrected chi connectivity index (χ2v) is 8.11. The molecule has 0 fully saturated rings. The fraction of sp³-hybridized carbons (Fsp3) is 0.222. The molecule has 0 radical (unpaired) electrons. The molecule has 0 aliphatic carbocycles. The van der Waals surface area contributed by atoms with Crippen LogP contribution in [0.3, 0.4) is 0 Å². The largest absolute Gasteiger partial charge is 0.487 e. The van der Waals surface area contributed by atoms with E-state index in [-0.39, 0.29) is 34.2 Å². The summed E-state index contributed by atoms with van der Waals surface area (Å²) in [5, 5.41) is 21.0. The van der Waals surface area contributed by atoms with Crippen LogP contribution < -0.4 is 14.8 Å². The molecule has 1 aliphatic heterocycles. The van der Waals surface area contributed by atoms with Gasteiger partial charge in [0.15, 0.2) is 11.4 Å². The van der Waals surface area contributed by atoms with Crippen molar-refractivity contribution in [3.05, 3.63) is 54.1 Å². The summed E-state index contributed by atoms with van der Waals surface area (Å²) in [6.45, 7) is 2.64. The number of hydrogen-bond acceptors (Lipinski definition) is 6. The first-order valence-electron chi connectivity index (χ1n) is 8.28. The molecule has 1 amide bonds. The minimum absolute atomic E-state index is 0.106. The molecule has 2 heterocycles. The second-order valence-electron chi connectivity index (χ2n) is 6.46. The average molecular weight is 420 g/mol. The molecule has 1 aromatic heterocycles. The van der Waals surface area contributed by atoms with E-state index in [1.165, 1.54) is 30.0 Å². The van der Waals surface area contributed by atoms with Gasteiger partial charge >= 0.3 is 0 Å². The number of nitrogens with zero attached hydrogens (tertiary/aromatic N) is 2. The topological polar surface area (TPSA) is 133 Å². The molecular weight excluding hydrogens is 403 g/mol. The van der Waals surface area contributed by atoms with Crippen molar-refractivity contribution in [1.29, 1.82) is 5.26 Å². The Kier molecular flexibility index (Phi) is 5.18. The fourth-order valence-electron chi connectivity index (χ4n) is 2.85. The third kappa shape index (κ3) is 3.61. The highest BCUT2D eigenvalue weighted by atomic mass is 32.2. The number of carbonyl (C=O) groups excluding carboxylic acids is 1. The van der Waals surface area contributed by atoms with E-state index in [2.05, 4.69) is 16.6 Å². The number of anilines is 1.